The molecule has 1 saturated heterocycles. The fraction of sp³-hybridized carbons (Fsp3) is 0.211. The van der Waals surface area contributed by atoms with Gasteiger partial charge in [0.25, 0.3) is 18.7 Å². The number of carboxylic acids is 1. The Hall–Kier alpha value is -2.83. The van der Waals surface area contributed by atoms with Crippen molar-refractivity contribution in [3.63, 3.8) is 0 Å². The summed E-state index contributed by atoms with van der Waals surface area (Å²) in [5.41, 5.74) is 5.96. The summed E-state index contributed by atoms with van der Waals surface area (Å²) in [4.78, 5) is 51.9. The van der Waals surface area contributed by atoms with Crippen molar-refractivity contribution in [1.82, 2.24) is 29.0 Å². The van der Waals surface area contributed by atoms with Crippen LogP contribution in [0.4, 0.5) is 9.52 Å². The Labute approximate surface area is 241 Å². The number of carboxylic acid groups (broad SMARTS) is 1. The summed E-state index contributed by atoms with van der Waals surface area (Å²) in [7, 11) is 0. The van der Waals surface area contributed by atoms with Crippen LogP contribution in [0.25, 0.3) is 10.9 Å². The average molecular weight is 573 g/mol. The van der Waals surface area contributed by atoms with Gasteiger partial charge >= 0.3 is 29.6 Å². The number of carbonyl (C=O) groups excluding carboxylic acids is 3. The summed E-state index contributed by atoms with van der Waals surface area (Å²) in [6.45, 7) is -1.31. The molecule has 3 N–H and O–H groups in total. The average Bonchev–Trinajstić information content (AvgIpc) is 3.59. The van der Waals surface area contributed by atoms with Gasteiger partial charge in [0.1, 0.15) is 22.6 Å². The predicted octanol–water partition coefficient (Wildman–Crippen LogP) is -3.40. The second-order valence-electron chi connectivity index (χ2n) is 7.25. The summed E-state index contributed by atoms with van der Waals surface area (Å²) in [5, 5.41) is 19.0. The Morgan fingerprint density at radius 1 is 1.41 bits per heavy atom. The Balaban J connectivity index is 0.00000320. The number of alkyl halides is 1. The van der Waals surface area contributed by atoms with Crippen molar-refractivity contribution < 1.29 is 58.3 Å². The molecular weight excluding hydrogens is 558 g/mol. The number of carbonyl (C=O) groups is 3. The monoisotopic (exact) mass is 572 g/mol. The normalized spacial score (nSPS) is 19.5. The molecule has 37 heavy (non-hydrogen) atoms. The van der Waals surface area contributed by atoms with E-state index in [1.54, 1.807) is 24.7 Å². The van der Waals surface area contributed by atoms with E-state index in [0.717, 1.165) is 27.0 Å². The van der Waals surface area contributed by atoms with E-state index < -0.39 is 41.8 Å². The number of aromatic nitrogens is 4. The standard InChI is InChI=1S/C19H15FN8O5S3.Na/c20-6-33-25-11(14-24-19(21)36-26-14)15(29)23-12-16(30)28-13(18(31)32)8(4-35-17(12)28)1-2-9-5-34-10-3-22-7-27(9)10;/h1-3,5,7,12,17H,4,6H2,(H,23,29)(H,31,32)(H2,21,24,26);/q;+1/p-1/b2-1+,25-11-;/t12-,17-;/m1./s1. The third-order valence-corrected chi connectivity index (χ3v) is 7.94. The number of thiazole rings is 1. The van der Waals surface area contributed by atoms with Crippen LogP contribution in [-0.2, 0) is 19.2 Å². The van der Waals surface area contributed by atoms with Crippen molar-refractivity contribution in [2.45, 2.75) is 11.4 Å². The molecule has 5 heterocycles. The Morgan fingerprint density at radius 3 is 2.92 bits per heavy atom. The van der Waals surface area contributed by atoms with Gasteiger partial charge in [0.05, 0.1) is 23.6 Å². The number of halogens is 1. The van der Waals surface area contributed by atoms with Crippen LogP contribution in [-0.4, -0.2) is 71.2 Å². The zero-order valence-corrected chi connectivity index (χ0v) is 23.3. The predicted molar refractivity (Wildman–Crippen MR) is 127 cm³/mol. The van der Waals surface area contributed by atoms with Crippen molar-refractivity contribution in [1.29, 1.82) is 0 Å². The minimum Gasteiger partial charge on any atom is -0.543 e. The van der Waals surface area contributed by atoms with Crippen LogP contribution in [0.5, 0.6) is 0 Å². The number of aliphatic carboxylic acids is 1. The van der Waals surface area contributed by atoms with Crippen molar-refractivity contribution in [2.24, 2.45) is 5.16 Å². The third-order valence-electron chi connectivity index (χ3n) is 5.19. The fourth-order valence-electron chi connectivity index (χ4n) is 3.62. The van der Waals surface area contributed by atoms with Crippen LogP contribution >= 0.6 is 34.6 Å². The van der Waals surface area contributed by atoms with Gasteiger partial charge in [-0.15, -0.1) is 23.1 Å². The van der Waals surface area contributed by atoms with E-state index in [2.05, 4.69) is 29.7 Å². The molecule has 0 radical (unpaired) electrons. The summed E-state index contributed by atoms with van der Waals surface area (Å²) >= 11 is 3.53. The second-order valence-corrected chi connectivity index (χ2v) is 10.0. The van der Waals surface area contributed by atoms with E-state index in [9.17, 15) is 23.9 Å². The summed E-state index contributed by atoms with van der Waals surface area (Å²) < 4.78 is 18.2. The largest absolute Gasteiger partial charge is 1.00 e. The molecule has 2 aliphatic heterocycles. The second kappa shape index (κ2) is 11.3. The Morgan fingerprint density at radius 2 is 2.22 bits per heavy atom. The van der Waals surface area contributed by atoms with Gasteiger partial charge in [-0.2, -0.15) is 9.36 Å². The minimum atomic E-state index is -1.52. The van der Waals surface area contributed by atoms with Crippen LogP contribution < -0.4 is 45.7 Å². The summed E-state index contributed by atoms with van der Waals surface area (Å²) in [6.07, 6.45) is 6.70. The molecule has 0 unspecified atom stereocenters. The number of thioether (sulfide) groups is 1. The van der Waals surface area contributed by atoms with Gasteiger partial charge in [-0.1, -0.05) is 11.2 Å². The number of allylic oxidation sites excluding steroid dienone is 1. The van der Waals surface area contributed by atoms with E-state index in [0.29, 0.717) is 5.57 Å². The fourth-order valence-corrected chi connectivity index (χ4v) is 6.20. The van der Waals surface area contributed by atoms with Crippen molar-refractivity contribution in [3.8, 4) is 0 Å². The molecule has 2 amide bonds. The number of amides is 2. The first-order valence-electron chi connectivity index (χ1n) is 10.0. The summed E-state index contributed by atoms with van der Waals surface area (Å²) in [5.74, 6) is -3.04. The maximum atomic E-state index is 12.9. The SMILES string of the molecule is Nc1nc(/C(=N/OCF)C(=O)N[C@@H]2C(=O)N3C(C(=O)[O-])=C(/C=C/c4csc5cncn45)CS[C@H]23)ns1.[Na+]. The first kappa shape index (κ1) is 27.2. The first-order valence-corrected chi connectivity index (χ1v) is 12.7. The quantitative estimate of drug-likeness (QED) is 0.120. The first-order chi connectivity index (χ1) is 17.4. The van der Waals surface area contributed by atoms with Crippen molar-refractivity contribution in [3.05, 3.63) is 46.8 Å². The zero-order chi connectivity index (χ0) is 25.4. The minimum absolute atomic E-state index is 0. The number of hydrogen-bond donors (Lipinski definition) is 2. The van der Waals surface area contributed by atoms with E-state index in [1.807, 2.05) is 9.78 Å². The maximum absolute atomic E-state index is 12.9. The number of nitrogens with zero attached hydrogens (tertiary/aromatic N) is 6. The van der Waals surface area contributed by atoms with Gasteiger partial charge in [0.2, 0.25) is 11.5 Å². The molecule has 0 spiro atoms. The molecule has 0 aliphatic carbocycles. The van der Waals surface area contributed by atoms with Crippen LogP contribution in [0.1, 0.15) is 11.5 Å². The van der Waals surface area contributed by atoms with Gasteiger partial charge in [-0.3, -0.25) is 18.9 Å². The maximum Gasteiger partial charge on any atom is 1.00 e. The molecule has 3 aromatic rings. The molecule has 0 bridgehead atoms. The molecule has 2 atom stereocenters. The van der Waals surface area contributed by atoms with Gasteiger partial charge in [0.15, 0.2) is 5.13 Å². The van der Waals surface area contributed by atoms with Crippen LogP contribution in [0, 0.1) is 0 Å². The number of rotatable bonds is 8. The van der Waals surface area contributed by atoms with Gasteiger partial charge < -0.3 is 25.8 Å². The van der Waals surface area contributed by atoms with E-state index in [4.69, 9.17) is 5.73 Å². The van der Waals surface area contributed by atoms with E-state index >= 15 is 0 Å². The molecule has 2 aliphatic rings. The van der Waals surface area contributed by atoms with E-state index in [1.165, 1.54) is 23.1 Å². The van der Waals surface area contributed by atoms with Crippen molar-refractivity contribution >= 4 is 74.2 Å². The number of β-lactam (4-membered cyclic amide) rings is 1. The van der Waals surface area contributed by atoms with Crippen molar-refractivity contribution in [2.75, 3.05) is 18.3 Å². The molecule has 3 aromatic heterocycles. The molecule has 1 fully saturated rings. The zero-order valence-electron chi connectivity index (χ0n) is 18.9. The molecule has 5 rings (SSSR count). The number of nitrogen functional groups attached to an aromatic ring is 1. The number of fused-ring (bicyclic) bond motifs is 2. The number of nitrogens with two attached hydrogens (primary N) is 1. The Kier molecular flexibility index (Phi) is 8.29. The molecule has 0 saturated carbocycles. The molecule has 186 valence electrons. The van der Waals surface area contributed by atoms with Crippen LogP contribution in [0.3, 0.4) is 0 Å². The smallest absolute Gasteiger partial charge is 0.543 e. The molecule has 13 nitrogen and oxygen atoms in total. The summed E-state index contributed by atoms with van der Waals surface area (Å²) in [6, 6.07) is -1.07. The van der Waals surface area contributed by atoms with E-state index in [-0.39, 0.29) is 52.0 Å². The number of hydrogen-bond acceptors (Lipinski definition) is 13. The van der Waals surface area contributed by atoms with Crippen LogP contribution in [0.15, 0.2) is 40.4 Å². The molecule has 0 aromatic carbocycles. The van der Waals surface area contributed by atoms with Crippen LogP contribution in [0.2, 0.25) is 0 Å². The Bertz CT molecular complexity index is 1470. The number of anilines is 1. The van der Waals surface area contributed by atoms with Gasteiger partial charge in [-0.25, -0.2) is 9.37 Å². The van der Waals surface area contributed by atoms with Gasteiger partial charge in [-0.05, 0) is 11.6 Å². The van der Waals surface area contributed by atoms with Gasteiger partial charge in [0, 0.05) is 22.7 Å². The molecule has 18 heteroatoms. The number of imidazole rings is 1. The topological polar surface area (TPSA) is 180 Å². The number of oxime groups is 1. The third kappa shape index (κ3) is 5.14. The molecular formula is C19H14FN8NaO5S3. The number of nitrogens with one attached hydrogen (secondary N) is 1.